The average molecular weight is 276 g/mol. The van der Waals surface area contributed by atoms with Crippen LogP contribution in [0.25, 0.3) is 11.0 Å². The van der Waals surface area contributed by atoms with Crippen LogP contribution in [-0.2, 0) is 20.0 Å². The fourth-order valence-corrected chi connectivity index (χ4v) is 2.50. The second-order valence-electron chi connectivity index (χ2n) is 4.49. The fourth-order valence-electron chi connectivity index (χ4n) is 2.21. The smallest absolute Gasteiger partial charge is 0.178 e. The van der Waals surface area contributed by atoms with E-state index in [4.69, 9.17) is 12.2 Å². The number of nitrogens with one attached hydrogen (secondary N) is 1. The van der Waals surface area contributed by atoms with Crippen LogP contribution in [0, 0.1) is 10.6 Å². The van der Waals surface area contributed by atoms with Crippen LogP contribution < -0.4 is 0 Å². The molecule has 0 saturated carbocycles. The van der Waals surface area contributed by atoms with Crippen LogP contribution >= 0.6 is 12.2 Å². The molecule has 2 aromatic heterocycles. The third-order valence-electron chi connectivity index (χ3n) is 3.14. The quantitative estimate of drug-likeness (QED) is 0.747. The van der Waals surface area contributed by atoms with Gasteiger partial charge in [0.2, 0.25) is 0 Å². The van der Waals surface area contributed by atoms with Gasteiger partial charge in [0.25, 0.3) is 0 Å². The molecule has 0 fully saturated rings. The number of H-pyrrole nitrogens is 1. The summed E-state index contributed by atoms with van der Waals surface area (Å²) in [4.78, 5) is 2.92. The van der Waals surface area contributed by atoms with Gasteiger partial charge in [0, 0.05) is 19.8 Å². The predicted molar refractivity (Wildman–Crippen MR) is 74.0 cm³/mol. The van der Waals surface area contributed by atoms with E-state index in [2.05, 4.69) is 10.1 Å². The Kier molecular flexibility index (Phi) is 2.94. The monoisotopic (exact) mass is 276 g/mol. The van der Waals surface area contributed by atoms with Crippen molar-refractivity contribution in [1.82, 2.24) is 19.3 Å². The molecule has 0 radical (unpaired) electrons. The molecule has 0 spiro atoms. The molecule has 0 aliphatic carbocycles. The van der Waals surface area contributed by atoms with E-state index in [1.54, 1.807) is 10.7 Å². The normalized spacial score (nSPS) is 11.3. The Labute approximate surface area is 114 Å². The van der Waals surface area contributed by atoms with E-state index >= 15 is 0 Å². The Morgan fingerprint density at radius 2 is 2.26 bits per heavy atom. The fraction of sp³-hybridized carbons (Fsp3) is 0.231. The molecule has 0 amide bonds. The molecule has 0 aliphatic heterocycles. The summed E-state index contributed by atoms with van der Waals surface area (Å²) in [6.45, 7) is 0.702. The first kappa shape index (κ1) is 12.1. The molecule has 2 heterocycles. The Hall–Kier alpha value is -1.95. The van der Waals surface area contributed by atoms with Crippen LogP contribution in [0.1, 0.15) is 5.56 Å². The lowest BCUT2D eigenvalue weighted by Crippen LogP contribution is -2.00. The second kappa shape index (κ2) is 4.62. The minimum absolute atomic E-state index is 0.274. The minimum Gasteiger partial charge on any atom is -0.328 e. The highest BCUT2D eigenvalue weighted by molar-refractivity contribution is 7.71. The number of aromatic nitrogens is 4. The molecular weight excluding hydrogens is 263 g/mol. The topological polar surface area (TPSA) is 38.5 Å². The molecule has 4 nitrogen and oxygen atoms in total. The van der Waals surface area contributed by atoms with Crippen molar-refractivity contribution in [2.45, 2.75) is 13.0 Å². The number of benzene rings is 1. The van der Waals surface area contributed by atoms with Gasteiger partial charge in [-0.15, -0.1) is 0 Å². The number of hydrogen-bond acceptors (Lipinski definition) is 2. The summed E-state index contributed by atoms with van der Waals surface area (Å²) >= 11 is 5.25. The van der Waals surface area contributed by atoms with Crippen LogP contribution in [0.5, 0.6) is 0 Å². The highest BCUT2D eigenvalue weighted by Crippen LogP contribution is 2.17. The van der Waals surface area contributed by atoms with Crippen molar-refractivity contribution in [2.75, 3.05) is 0 Å². The average Bonchev–Trinajstić information content (AvgIpc) is 2.92. The van der Waals surface area contributed by atoms with E-state index in [1.165, 1.54) is 6.07 Å². The number of nitrogens with zero attached hydrogens (tertiary/aromatic N) is 3. The number of aromatic amines is 1. The van der Waals surface area contributed by atoms with Gasteiger partial charge in [-0.1, -0.05) is 6.07 Å². The van der Waals surface area contributed by atoms with Gasteiger partial charge in [-0.2, -0.15) is 5.10 Å². The van der Waals surface area contributed by atoms with Crippen LogP contribution in [0.2, 0.25) is 0 Å². The summed E-state index contributed by atoms with van der Waals surface area (Å²) in [7, 11) is 1.89. The Morgan fingerprint density at radius 1 is 1.42 bits per heavy atom. The predicted octanol–water partition coefficient (Wildman–Crippen LogP) is 2.81. The lowest BCUT2D eigenvalue weighted by atomic mass is 10.2. The van der Waals surface area contributed by atoms with Crippen molar-refractivity contribution in [3.05, 3.63) is 46.7 Å². The summed E-state index contributed by atoms with van der Waals surface area (Å²) in [5.41, 5.74) is 2.41. The first-order valence-electron chi connectivity index (χ1n) is 6.00. The zero-order valence-electron chi connectivity index (χ0n) is 10.4. The summed E-state index contributed by atoms with van der Waals surface area (Å²) in [6, 6.07) is 4.99. The van der Waals surface area contributed by atoms with Gasteiger partial charge < -0.3 is 9.55 Å². The Bertz CT molecular complexity index is 783. The van der Waals surface area contributed by atoms with Gasteiger partial charge in [-0.3, -0.25) is 4.68 Å². The summed E-state index contributed by atoms with van der Waals surface area (Å²) in [5.74, 6) is -0.274. The first-order valence-corrected chi connectivity index (χ1v) is 6.40. The molecule has 6 heteroatoms. The van der Waals surface area contributed by atoms with Gasteiger partial charge in [0.15, 0.2) is 4.77 Å². The van der Waals surface area contributed by atoms with Gasteiger partial charge >= 0.3 is 0 Å². The highest BCUT2D eigenvalue weighted by Gasteiger charge is 2.08. The number of para-hydroxylation sites is 1. The molecule has 1 aromatic carbocycles. The molecule has 0 bridgehead atoms. The molecule has 19 heavy (non-hydrogen) atoms. The van der Waals surface area contributed by atoms with Gasteiger partial charge in [-0.05, 0) is 36.3 Å². The third-order valence-corrected chi connectivity index (χ3v) is 3.46. The van der Waals surface area contributed by atoms with Crippen LogP contribution in [-0.4, -0.2) is 19.3 Å². The lowest BCUT2D eigenvalue weighted by Gasteiger charge is -2.03. The van der Waals surface area contributed by atoms with Crippen molar-refractivity contribution in [3.63, 3.8) is 0 Å². The molecule has 0 saturated heterocycles. The van der Waals surface area contributed by atoms with Gasteiger partial charge in [0.1, 0.15) is 11.3 Å². The van der Waals surface area contributed by atoms with Crippen molar-refractivity contribution >= 4 is 23.3 Å². The summed E-state index contributed by atoms with van der Waals surface area (Å²) in [5, 5.41) is 4.13. The standard InChI is InChI=1S/C13H13FN4S/c1-17-8-9(7-15-17)5-6-18-11-4-2-3-10(14)12(11)16-13(18)19/h2-4,7-8H,5-6H2,1H3,(H,16,19). The molecule has 3 aromatic rings. The number of rotatable bonds is 3. The van der Waals surface area contributed by atoms with E-state index in [9.17, 15) is 4.39 Å². The van der Waals surface area contributed by atoms with Crippen molar-refractivity contribution in [3.8, 4) is 0 Å². The van der Waals surface area contributed by atoms with E-state index in [1.807, 2.05) is 30.1 Å². The van der Waals surface area contributed by atoms with Crippen molar-refractivity contribution in [1.29, 1.82) is 0 Å². The second-order valence-corrected chi connectivity index (χ2v) is 4.87. The maximum Gasteiger partial charge on any atom is 0.178 e. The Morgan fingerprint density at radius 3 is 3.00 bits per heavy atom. The number of halogens is 1. The minimum atomic E-state index is -0.274. The number of fused-ring (bicyclic) bond motifs is 1. The van der Waals surface area contributed by atoms with Crippen LogP contribution in [0.4, 0.5) is 4.39 Å². The lowest BCUT2D eigenvalue weighted by molar-refractivity contribution is 0.637. The largest absolute Gasteiger partial charge is 0.328 e. The summed E-state index contributed by atoms with van der Waals surface area (Å²) in [6.07, 6.45) is 4.61. The van der Waals surface area contributed by atoms with Crippen LogP contribution in [0.15, 0.2) is 30.6 Å². The van der Waals surface area contributed by atoms with E-state index in [-0.39, 0.29) is 5.82 Å². The van der Waals surface area contributed by atoms with Crippen molar-refractivity contribution in [2.24, 2.45) is 7.05 Å². The number of hydrogen-bond donors (Lipinski definition) is 1. The molecule has 0 unspecified atom stereocenters. The first-order chi connectivity index (χ1) is 9.15. The van der Waals surface area contributed by atoms with Gasteiger partial charge in [-0.25, -0.2) is 4.39 Å². The highest BCUT2D eigenvalue weighted by atomic mass is 32.1. The maximum absolute atomic E-state index is 13.6. The zero-order chi connectivity index (χ0) is 13.4. The molecule has 3 rings (SSSR count). The number of aryl methyl sites for hydroxylation is 3. The maximum atomic E-state index is 13.6. The molecule has 0 atom stereocenters. The van der Waals surface area contributed by atoms with E-state index < -0.39 is 0 Å². The molecule has 1 N–H and O–H groups in total. The molecule has 98 valence electrons. The number of imidazole rings is 1. The van der Waals surface area contributed by atoms with Crippen LogP contribution in [0.3, 0.4) is 0 Å². The van der Waals surface area contributed by atoms with E-state index in [0.717, 1.165) is 17.5 Å². The van der Waals surface area contributed by atoms with Crippen molar-refractivity contribution < 1.29 is 4.39 Å². The third kappa shape index (κ3) is 2.19. The Balaban J connectivity index is 1.95. The zero-order valence-corrected chi connectivity index (χ0v) is 11.2. The summed E-state index contributed by atoms with van der Waals surface area (Å²) < 4.78 is 17.9. The van der Waals surface area contributed by atoms with Gasteiger partial charge in [0.05, 0.1) is 11.7 Å². The van der Waals surface area contributed by atoms with E-state index in [0.29, 0.717) is 16.8 Å². The molecule has 0 aliphatic rings. The SMILES string of the molecule is Cn1cc(CCn2c(=S)[nH]c3c(F)cccc32)cn1. The molecular formula is C13H13FN4S.